The van der Waals surface area contributed by atoms with Crippen LogP contribution >= 0.6 is 11.6 Å². The highest BCUT2D eigenvalue weighted by Crippen LogP contribution is 2.35. The molecule has 0 radical (unpaired) electrons. The summed E-state index contributed by atoms with van der Waals surface area (Å²) in [6.07, 6.45) is 0.735. The summed E-state index contributed by atoms with van der Waals surface area (Å²) >= 11 is 6.17. The third-order valence-corrected chi connectivity index (χ3v) is 3.06. The lowest BCUT2D eigenvalue weighted by Crippen LogP contribution is -1.91. The van der Waals surface area contributed by atoms with Crippen molar-refractivity contribution >= 4 is 17.9 Å². The monoisotopic (exact) mass is 271 g/mol. The molecule has 0 spiro atoms. The van der Waals surface area contributed by atoms with E-state index in [1.54, 1.807) is 43.5 Å². The van der Waals surface area contributed by atoms with Crippen LogP contribution in [0.2, 0.25) is 5.02 Å². The number of hydrogen-bond donors (Lipinski definition) is 0. The van der Waals surface area contributed by atoms with Crippen LogP contribution < -0.4 is 4.74 Å². The van der Waals surface area contributed by atoms with Crippen LogP contribution in [0.5, 0.6) is 5.75 Å². The number of carbonyl (C=O) groups is 1. The van der Waals surface area contributed by atoms with E-state index in [1.165, 1.54) is 0 Å². The van der Waals surface area contributed by atoms with Gasteiger partial charge in [0.1, 0.15) is 12.0 Å². The van der Waals surface area contributed by atoms with Crippen LogP contribution in [0.15, 0.2) is 36.4 Å². The van der Waals surface area contributed by atoms with E-state index >= 15 is 0 Å². The molecule has 0 aliphatic heterocycles. The van der Waals surface area contributed by atoms with E-state index in [2.05, 4.69) is 6.07 Å². The topological polar surface area (TPSA) is 50.1 Å². The van der Waals surface area contributed by atoms with Crippen molar-refractivity contribution in [3.63, 3.8) is 0 Å². The van der Waals surface area contributed by atoms with Gasteiger partial charge in [0.2, 0.25) is 0 Å². The highest BCUT2D eigenvalue weighted by atomic mass is 35.5. The second kappa shape index (κ2) is 5.55. The van der Waals surface area contributed by atoms with Crippen LogP contribution in [0.3, 0.4) is 0 Å². The molecule has 0 bridgehead atoms. The minimum Gasteiger partial charge on any atom is -0.496 e. The van der Waals surface area contributed by atoms with Gasteiger partial charge in [0.15, 0.2) is 0 Å². The van der Waals surface area contributed by atoms with Gasteiger partial charge in [0.05, 0.1) is 18.7 Å². The predicted octanol–water partition coefficient (Wildman–Crippen LogP) is 3.70. The number of rotatable bonds is 3. The number of ether oxygens (including phenoxy) is 1. The molecule has 94 valence electrons. The van der Waals surface area contributed by atoms with E-state index < -0.39 is 0 Å². The van der Waals surface area contributed by atoms with Gasteiger partial charge < -0.3 is 4.74 Å². The summed E-state index contributed by atoms with van der Waals surface area (Å²) in [7, 11) is 1.55. The van der Waals surface area contributed by atoms with E-state index in [0.717, 1.165) is 17.4 Å². The molecular formula is C15H10ClNO2. The van der Waals surface area contributed by atoms with Crippen molar-refractivity contribution in [3.05, 3.63) is 52.5 Å². The average molecular weight is 272 g/mol. The summed E-state index contributed by atoms with van der Waals surface area (Å²) in [6, 6.07) is 12.2. The Balaban J connectivity index is 2.63. The van der Waals surface area contributed by atoms with Crippen LogP contribution in [-0.4, -0.2) is 13.4 Å². The van der Waals surface area contributed by atoms with Gasteiger partial charge in [-0.15, -0.1) is 0 Å². The van der Waals surface area contributed by atoms with Gasteiger partial charge in [-0.25, -0.2) is 0 Å². The second-order valence-electron chi connectivity index (χ2n) is 3.88. The zero-order valence-electron chi connectivity index (χ0n) is 10.2. The lowest BCUT2D eigenvalue weighted by molar-refractivity contribution is 0.112. The van der Waals surface area contributed by atoms with Crippen molar-refractivity contribution < 1.29 is 9.53 Å². The number of methoxy groups -OCH3 is 1. The van der Waals surface area contributed by atoms with E-state index in [4.69, 9.17) is 21.6 Å². The number of carbonyl (C=O) groups excluding carboxylic acids is 1. The number of halogens is 1. The molecule has 0 aromatic heterocycles. The van der Waals surface area contributed by atoms with Crippen molar-refractivity contribution in [2.24, 2.45) is 0 Å². The molecule has 4 heteroatoms. The van der Waals surface area contributed by atoms with E-state index in [-0.39, 0.29) is 0 Å². The molecule has 0 atom stereocenters. The first kappa shape index (κ1) is 13.1. The molecular weight excluding hydrogens is 262 g/mol. The summed E-state index contributed by atoms with van der Waals surface area (Å²) in [5.41, 5.74) is 2.47. The summed E-state index contributed by atoms with van der Waals surface area (Å²) in [6.45, 7) is 0. The maximum atomic E-state index is 10.7. The first-order chi connectivity index (χ1) is 9.19. The van der Waals surface area contributed by atoms with Crippen molar-refractivity contribution in [2.75, 3.05) is 7.11 Å². The van der Waals surface area contributed by atoms with Crippen molar-refractivity contribution in [1.29, 1.82) is 5.26 Å². The number of aldehydes is 1. The van der Waals surface area contributed by atoms with Gasteiger partial charge >= 0.3 is 0 Å². The molecule has 0 saturated carbocycles. The molecule has 0 fully saturated rings. The van der Waals surface area contributed by atoms with Gasteiger partial charge in [0.25, 0.3) is 0 Å². The highest BCUT2D eigenvalue weighted by Gasteiger charge is 2.11. The second-order valence-corrected chi connectivity index (χ2v) is 4.29. The Morgan fingerprint density at radius 3 is 2.58 bits per heavy atom. The predicted molar refractivity (Wildman–Crippen MR) is 73.5 cm³/mol. The Kier molecular flexibility index (Phi) is 3.84. The van der Waals surface area contributed by atoms with Gasteiger partial charge in [-0.1, -0.05) is 23.7 Å². The Labute approximate surface area is 116 Å². The molecule has 0 aliphatic carbocycles. The van der Waals surface area contributed by atoms with Gasteiger partial charge in [-0.2, -0.15) is 5.26 Å². The summed E-state index contributed by atoms with van der Waals surface area (Å²) in [4.78, 5) is 10.7. The molecule has 2 aromatic carbocycles. The number of hydrogen-bond acceptors (Lipinski definition) is 3. The zero-order chi connectivity index (χ0) is 13.8. The largest absolute Gasteiger partial charge is 0.496 e. The Bertz CT molecular complexity index is 674. The fourth-order valence-electron chi connectivity index (χ4n) is 1.81. The molecule has 3 nitrogen and oxygen atoms in total. The fraction of sp³-hybridized carbons (Fsp3) is 0.0667. The molecule has 19 heavy (non-hydrogen) atoms. The maximum Gasteiger partial charge on any atom is 0.150 e. The molecule has 0 aliphatic rings. The van der Waals surface area contributed by atoms with Crippen molar-refractivity contribution in [2.45, 2.75) is 0 Å². The molecule has 2 rings (SSSR count). The minimum absolute atomic E-state index is 0.443. The third kappa shape index (κ3) is 2.59. The van der Waals surface area contributed by atoms with Crippen LogP contribution in [0.1, 0.15) is 15.9 Å². The average Bonchev–Trinajstić information content (AvgIpc) is 2.46. The highest BCUT2D eigenvalue weighted by molar-refractivity contribution is 6.33. The third-order valence-electron chi connectivity index (χ3n) is 2.75. The normalized spacial score (nSPS) is 9.74. The fourth-order valence-corrected chi connectivity index (χ4v) is 2.10. The minimum atomic E-state index is 0.443. The van der Waals surface area contributed by atoms with Crippen LogP contribution in [0.25, 0.3) is 11.1 Å². The first-order valence-electron chi connectivity index (χ1n) is 5.53. The SMILES string of the molecule is COc1ccc(C#N)cc1-c1ccc(C=O)cc1Cl. The lowest BCUT2D eigenvalue weighted by Gasteiger charge is -2.10. The summed E-state index contributed by atoms with van der Waals surface area (Å²) < 4.78 is 5.27. The van der Waals surface area contributed by atoms with Crippen LogP contribution in [0, 0.1) is 11.3 Å². The first-order valence-corrected chi connectivity index (χ1v) is 5.90. The van der Waals surface area contributed by atoms with Crippen LogP contribution in [0.4, 0.5) is 0 Å². The Morgan fingerprint density at radius 1 is 1.21 bits per heavy atom. The van der Waals surface area contributed by atoms with E-state index in [0.29, 0.717) is 21.9 Å². The maximum absolute atomic E-state index is 10.7. The number of nitrogens with zero attached hydrogens (tertiary/aromatic N) is 1. The van der Waals surface area contributed by atoms with Crippen molar-refractivity contribution in [1.82, 2.24) is 0 Å². The van der Waals surface area contributed by atoms with Crippen LogP contribution in [-0.2, 0) is 0 Å². The molecule has 2 aromatic rings. The molecule has 0 unspecified atom stereocenters. The summed E-state index contributed by atoms with van der Waals surface area (Å²) in [5, 5.41) is 9.40. The molecule has 0 amide bonds. The molecule has 0 N–H and O–H groups in total. The zero-order valence-corrected chi connectivity index (χ0v) is 10.9. The number of nitriles is 1. The van der Waals surface area contributed by atoms with Crippen molar-refractivity contribution in [3.8, 4) is 22.9 Å². The smallest absolute Gasteiger partial charge is 0.150 e. The summed E-state index contributed by atoms with van der Waals surface area (Å²) in [5.74, 6) is 0.625. The Morgan fingerprint density at radius 2 is 2.00 bits per heavy atom. The quantitative estimate of drug-likeness (QED) is 0.800. The van der Waals surface area contributed by atoms with Gasteiger partial charge in [-0.3, -0.25) is 4.79 Å². The standard InChI is InChI=1S/C15H10ClNO2/c1-19-15-5-3-10(8-17)6-13(15)12-4-2-11(9-18)7-14(12)16/h2-7,9H,1H3. The number of benzene rings is 2. The van der Waals surface area contributed by atoms with E-state index in [1.807, 2.05) is 0 Å². The molecule has 0 saturated heterocycles. The van der Waals surface area contributed by atoms with Gasteiger partial charge in [-0.05, 0) is 24.3 Å². The lowest BCUT2D eigenvalue weighted by atomic mass is 10.0. The Hall–Kier alpha value is -2.31. The van der Waals surface area contributed by atoms with E-state index in [9.17, 15) is 4.79 Å². The molecule has 0 heterocycles. The van der Waals surface area contributed by atoms with Gasteiger partial charge in [0, 0.05) is 21.7 Å².